The number of amides is 1. The maximum Gasteiger partial charge on any atom is 0.410 e. The monoisotopic (exact) mass is 325 g/mol. The molecule has 0 bridgehead atoms. The normalized spacial score (nSPS) is 19.8. The number of nitrogens with two attached hydrogens (primary N) is 1. The van der Waals surface area contributed by atoms with Crippen LogP contribution in [0.2, 0.25) is 0 Å². The molecule has 1 aliphatic rings. The molecular formula is C16H27N3O2S. The Labute approximate surface area is 136 Å². The van der Waals surface area contributed by atoms with Gasteiger partial charge in [-0.25, -0.2) is 4.79 Å². The van der Waals surface area contributed by atoms with Crippen molar-refractivity contribution in [2.45, 2.75) is 58.2 Å². The van der Waals surface area contributed by atoms with E-state index in [2.05, 4.69) is 5.32 Å². The predicted octanol–water partition coefficient (Wildman–Crippen LogP) is 3.21. The number of anilines is 1. The van der Waals surface area contributed by atoms with E-state index in [4.69, 9.17) is 10.5 Å². The van der Waals surface area contributed by atoms with E-state index < -0.39 is 5.60 Å². The van der Waals surface area contributed by atoms with Gasteiger partial charge in [-0.1, -0.05) is 0 Å². The van der Waals surface area contributed by atoms with Gasteiger partial charge in [0.2, 0.25) is 0 Å². The third kappa shape index (κ3) is 5.18. The molecule has 1 atom stereocenters. The molecule has 1 unspecified atom stereocenters. The number of nitrogen functional groups attached to an aromatic ring is 1. The fourth-order valence-corrected chi connectivity index (χ4v) is 3.29. The Hall–Kier alpha value is -1.27. The minimum atomic E-state index is -0.433. The van der Waals surface area contributed by atoms with Crippen LogP contribution in [-0.2, 0) is 11.3 Å². The lowest BCUT2D eigenvalue weighted by molar-refractivity contribution is 0.0256. The predicted molar refractivity (Wildman–Crippen MR) is 91.0 cm³/mol. The minimum absolute atomic E-state index is 0.198. The molecule has 0 saturated carbocycles. The van der Waals surface area contributed by atoms with Crippen LogP contribution in [0.25, 0.3) is 0 Å². The molecule has 22 heavy (non-hydrogen) atoms. The topological polar surface area (TPSA) is 67.6 Å². The molecule has 1 aromatic rings. The zero-order chi connectivity index (χ0) is 16.2. The van der Waals surface area contributed by atoms with Crippen LogP contribution in [0.1, 0.15) is 44.9 Å². The number of nitrogens with zero attached hydrogens (tertiary/aromatic N) is 1. The zero-order valence-corrected chi connectivity index (χ0v) is 14.5. The van der Waals surface area contributed by atoms with Crippen molar-refractivity contribution in [1.82, 2.24) is 10.2 Å². The number of ether oxygens (including phenoxy) is 1. The molecule has 0 spiro atoms. The number of rotatable bonds is 3. The third-order valence-corrected chi connectivity index (χ3v) is 4.65. The van der Waals surface area contributed by atoms with Gasteiger partial charge in [0, 0.05) is 36.2 Å². The van der Waals surface area contributed by atoms with E-state index in [-0.39, 0.29) is 6.09 Å². The number of carbonyl (C=O) groups is 1. The van der Waals surface area contributed by atoms with Crippen LogP contribution >= 0.6 is 11.3 Å². The van der Waals surface area contributed by atoms with Crippen molar-refractivity contribution in [3.05, 3.63) is 16.3 Å². The molecule has 1 fully saturated rings. The van der Waals surface area contributed by atoms with E-state index >= 15 is 0 Å². The lowest BCUT2D eigenvalue weighted by Gasteiger charge is -2.26. The van der Waals surface area contributed by atoms with Crippen LogP contribution in [0.5, 0.6) is 0 Å². The summed E-state index contributed by atoms with van der Waals surface area (Å²) in [6.45, 7) is 8.02. The highest BCUT2D eigenvalue weighted by atomic mass is 32.1. The molecule has 2 rings (SSSR count). The Morgan fingerprint density at radius 2 is 2.23 bits per heavy atom. The molecule has 1 amide bonds. The zero-order valence-electron chi connectivity index (χ0n) is 13.7. The van der Waals surface area contributed by atoms with Gasteiger partial charge in [0.15, 0.2) is 0 Å². The molecule has 2 heterocycles. The first-order valence-electron chi connectivity index (χ1n) is 7.88. The molecule has 5 nitrogen and oxygen atoms in total. The van der Waals surface area contributed by atoms with Gasteiger partial charge < -0.3 is 20.7 Å². The van der Waals surface area contributed by atoms with Crippen LogP contribution in [-0.4, -0.2) is 35.7 Å². The highest BCUT2D eigenvalue weighted by Gasteiger charge is 2.25. The average molecular weight is 325 g/mol. The van der Waals surface area contributed by atoms with Crippen LogP contribution in [0, 0.1) is 0 Å². The second-order valence-electron chi connectivity index (χ2n) is 6.78. The number of hydrogen-bond donors (Lipinski definition) is 2. The van der Waals surface area contributed by atoms with Gasteiger partial charge in [0.25, 0.3) is 0 Å². The van der Waals surface area contributed by atoms with Gasteiger partial charge in [-0.05, 0) is 51.5 Å². The maximum absolute atomic E-state index is 12.1. The second-order valence-corrected chi connectivity index (χ2v) is 7.78. The Kier molecular flexibility index (Phi) is 5.69. The first-order valence-corrected chi connectivity index (χ1v) is 8.76. The van der Waals surface area contributed by atoms with Crippen molar-refractivity contribution in [2.24, 2.45) is 0 Å². The summed E-state index contributed by atoms with van der Waals surface area (Å²) in [5.41, 5.74) is 6.34. The Morgan fingerprint density at radius 1 is 1.45 bits per heavy atom. The first kappa shape index (κ1) is 17.1. The molecule has 124 valence electrons. The van der Waals surface area contributed by atoms with Crippen LogP contribution in [0.15, 0.2) is 11.4 Å². The summed E-state index contributed by atoms with van der Waals surface area (Å²) in [6.07, 6.45) is 2.82. The number of likely N-dealkylation sites (tertiary alicyclic amines) is 1. The van der Waals surface area contributed by atoms with Gasteiger partial charge >= 0.3 is 6.09 Å². The van der Waals surface area contributed by atoms with Crippen molar-refractivity contribution >= 4 is 23.1 Å². The standard InChI is InChI=1S/C16H27N3O2S/c1-16(2,3)21-15(20)19-8-4-5-12(6-9-19)18-11-14-13(17)7-10-22-14/h7,10,12,18H,4-6,8-9,11,17H2,1-3H3. The smallest absolute Gasteiger partial charge is 0.410 e. The van der Waals surface area contributed by atoms with Crippen molar-refractivity contribution in [1.29, 1.82) is 0 Å². The van der Waals surface area contributed by atoms with E-state index in [0.717, 1.165) is 44.6 Å². The lowest BCUT2D eigenvalue weighted by Crippen LogP contribution is -2.38. The summed E-state index contributed by atoms with van der Waals surface area (Å²) in [4.78, 5) is 15.1. The largest absolute Gasteiger partial charge is 0.444 e. The molecular weight excluding hydrogens is 298 g/mol. The number of carbonyl (C=O) groups excluding carboxylic acids is 1. The third-order valence-electron chi connectivity index (χ3n) is 3.71. The fraction of sp³-hybridized carbons (Fsp3) is 0.688. The van der Waals surface area contributed by atoms with Crippen molar-refractivity contribution in [3.63, 3.8) is 0 Å². The average Bonchev–Trinajstić information content (AvgIpc) is 2.69. The minimum Gasteiger partial charge on any atom is -0.444 e. The summed E-state index contributed by atoms with van der Waals surface area (Å²) in [7, 11) is 0. The summed E-state index contributed by atoms with van der Waals surface area (Å²) in [5, 5.41) is 5.58. The van der Waals surface area contributed by atoms with E-state index in [9.17, 15) is 4.79 Å². The van der Waals surface area contributed by atoms with E-state index in [1.165, 1.54) is 4.88 Å². The van der Waals surface area contributed by atoms with Crippen LogP contribution in [0.4, 0.5) is 10.5 Å². The molecule has 6 heteroatoms. The van der Waals surface area contributed by atoms with Gasteiger partial charge in [0.05, 0.1) is 0 Å². The first-order chi connectivity index (χ1) is 10.3. The van der Waals surface area contributed by atoms with Gasteiger partial charge in [-0.3, -0.25) is 0 Å². The molecule has 0 radical (unpaired) electrons. The van der Waals surface area contributed by atoms with Crippen LogP contribution < -0.4 is 11.1 Å². The van der Waals surface area contributed by atoms with E-state index in [1.54, 1.807) is 11.3 Å². The summed E-state index contributed by atoms with van der Waals surface area (Å²) in [6, 6.07) is 2.37. The number of hydrogen-bond acceptors (Lipinski definition) is 5. The van der Waals surface area contributed by atoms with Crippen molar-refractivity contribution in [3.8, 4) is 0 Å². The molecule has 1 aromatic heterocycles. The van der Waals surface area contributed by atoms with E-state index in [1.807, 2.05) is 37.1 Å². The SMILES string of the molecule is CC(C)(C)OC(=O)N1CCCC(NCc2sccc2N)CC1. The number of nitrogens with one attached hydrogen (secondary N) is 1. The second kappa shape index (κ2) is 7.33. The molecule has 1 aliphatic heterocycles. The van der Waals surface area contributed by atoms with Crippen molar-refractivity contribution in [2.75, 3.05) is 18.8 Å². The van der Waals surface area contributed by atoms with Gasteiger partial charge in [-0.15, -0.1) is 11.3 Å². The van der Waals surface area contributed by atoms with E-state index in [0.29, 0.717) is 6.04 Å². The van der Waals surface area contributed by atoms with Gasteiger partial charge in [-0.2, -0.15) is 0 Å². The molecule has 0 aliphatic carbocycles. The lowest BCUT2D eigenvalue weighted by atomic mass is 10.1. The highest BCUT2D eigenvalue weighted by Crippen LogP contribution is 2.20. The highest BCUT2D eigenvalue weighted by molar-refractivity contribution is 7.10. The quantitative estimate of drug-likeness (QED) is 0.895. The Morgan fingerprint density at radius 3 is 2.86 bits per heavy atom. The fourth-order valence-electron chi connectivity index (χ4n) is 2.54. The summed E-state index contributed by atoms with van der Waals surface area (Å²) >= 11 is 1.68. The molecule has 0 aromatic carbocycles. The Balaban J connectivity index is 1.80. The Bertz CT molecular complexity index is 496. The maximum atomic E-state index is 12.1. The molecule has 1 saturated heterocycles. The van der Waals surface area contributed by atoms with Crippen LogP contribution in [0.3, 0.4) is 0 Å². The summed E-state index contributed by atoms with van der Waals surface area (Å²) < 4.78 is 5.45. The summed E-state index contributed by atoms with van der Waals surface area (Å²) in [5.74, 6) is 0. The molecule has 3 N–H and O–H groups in total. The van der Waals surface area contributed by atoms with Crippen molar-refractivity contribution < 1.29 is 9.53 Å². The number of thiophene rings is 1. The van der Waals surface area contributed by atoms with Gasteiger partial charge in [0.1, 0.15) is 5.60 Å².